The van der Waals surface area contributed by atoms with Gasteiger partial charge in [0, 0.05) is 35.7 Å². The third-order valence-corrected chi connectivity index (χ3v) is 3.64. The molecule has 1 aromatic carbocycles. The molecule has 1 rings (SSSR count). The minimum absolute atomic E-state index is 0.0338. The SMILES string of the molecule is CN=C(NCCNC(C)(C)C)NC(C)c1ccc(Cl)cc1Cl. The number of aliphatic imine (C=N–C) groups is 1. The molecule has 124 valence electrons. The van der Waals surface area contributed by atoms with Crippen LogP contribution in [0.5, 0.6) is 0 Å². The molecule has 0 saturated carbocycles. The highest BCUT2D eigenvalue weighted by Crippen LogP contribution is 2.25. The van der Waals surface area contributed by atoms with Gasteiger partial charge in [-0.15, -0.1) is 0 Å². The van der Waals surface area contributed by atoms with E-state index < -0.39 is 0 Å². The van der Waals surface area contributed by atoms with Crippen LogP contribution in [0, 0.1) is 0 Å². The summed E-state index contributed by atoms with van der Waals surface area (Å²) in [5, 5.41) is 11.3. The molecule has 0 fully saturated rings. The van der Waals surface area contributed by atoms with Crippen molar-refractivity contribution < 1.29 is 0 Å². The first kappa shape index (κ1) is 19.1. The number of hydrogen-bond acceptors (Lipinski definition) is 2. The van der Waals surface area contributed by atoms with Crippen molar-refractivity contribution in [2.24, 2.45) is 4.99 Å². The van der Waals surface area contributed by atoms with E-state index in [9.17, 15) is 0 Å². The van der Waals surface area contributed by atoms with Gasteiger partial charge in [-0.1, -0.05) is 29.3 Å². The molecule has 22 heavy (non-hydrogen) atoms. The Balaban J connectivity index is 2.52. The van der Waals surface area contributed by atoms with Crippen LogP contribution in [0.3, 0.4) is 0 Å². The lowest BCUT2D eigenvalue weighted by Crippen LogP contribution is -2.45. The Morgan fingerprint density at radius 3 is 2.45 bits per heavy atom. The quantitative estimate of drug-likeness (QED) is 0.434. The van der Waals surface area contributed by atoms with Crippen LogP contribution in [0.15, 0.2) is 23.2 Å². The molecular formula is C16H26Cl2N4. The van der Waals surface area contributed by atoms with E-state index in [1.165, 1.54) is 0 Å². The van der Waals surface area contributed by atoms with Crippen LogP contribution < -0.4 is 16.0 Å². The summed E-state index contributed by atoms with van der Waals surface area (Å²) in [6.45, 7) is 10.1. The largest absolute Gasteiger partial charge is 0.355 e. The summed E-state index contributed by atoms with van der Waals surface area (Å²) < 4.78 is 0. The monoisotopic (exact) mass is 344 g/mol. The van der Waals surface area contributed by atoms with Gasteiger partial charge < -0.3 is 16.0 Å². The summed E-state index contributed by atoms with van der Waals surface area (Å²) in [5.74, 6) is 0.745. The second-order valence-corrected chi connectivity index (χ2v) is 7.05. The first-order valence-corrected chi connectivity index (χ1v) is 8.15. The fourth-order valence-electron chi connectivity index (χ4n) is 1.95. The lowest BCUT2D eigenvalue weighted by atomic mass is 10.1. The molecule has 3 N–H and O–H groups in total. The molecule has 0 radical (unpaired) electrons. The Morgan fingerprint density at radius 2 is 1.91 bits per heavy atom. The van der Waals surface area contributed by atoms with Crippen LogP contribution in [0.25, 0.3) is 0 Å². The van der Waals surface area contributed by atoms with Gasteiger partial charge in [0.25, 0.3) is 0 Å². The molecule has 1 atom stereocenters. The summed E-state index contributed by atoms with van der Waals surface area (Å²) in [7, 11) is 1.75. The highest BCUT2D eigenvalue weighted by atomic mass is 35.5. The average molecular weight is 345 g/mol. The van der Waals surface area contributed by atoms with E-state index in [2.05, 4.69) is 41.7 Å². The molecule has 0 spiro atoms. The molecule has 0 aromatic heterocycles. The molecule has 6 heteroatoms. The topological polar surface area (TPSA) is 48.5 Å². The number of rotatable bonds is 5. The van der Waals surface area contributed by atoms with E-state index >= 15 is 0 Å². The van der Waals surface area contributed by atoms with Crippen LogP contribution in [0.4, 0.5) is 0 Å². The predicted molar refractivity (Wildman–Crippen MR) is 97.1 cm³/mol. The normalized spacial score (nSPS) is 13.9. The fourth-order valence-corrected chi connectivity index (χ4v) is 2.52. The zero-order chi connectivity index (χ0) is 16.8. The van der Waals surface area contributed by atoms with Gasteiger partial charge in [-0.2, -0.15) is 0 Å². The zero-order valence-corrected chi connectivity index (χ0v) is 15.4. The molecule has 0 aliphatic rings. The fraction of sp³-hybridized carbons (Fsp3) is 0.562. The molecule has 1 unspecified atom stereocenters. The lowest BCUT2D eigenvalue weighted by molar-refractivity contribution is 0.428. The second-order valence-electron chi connectivity index (χ2n) is 6.21. The standard InChI is InChI=1S/C16H26Cl2N4/c1-11(13-7-6-12(17)10-14(13)18)22-15(19-5)20-8-9-21-16(2,3)4/h6-7,10-11,21H,8-9H2,1-5H3,(H2,19,20,22). The minimum Gasteiger partial charge on any atom is -0.355 e. The lowest BCUT2D eigenvalue weighted by Gasteiger charge is -2.22. The van der Waals surface area contributed by atoms with Crippen molar-refractivity contribution in [2.45, 2.75) is 39.3 Å². The van der Waals surface area contributed by atoms with Gasteiger partial charge >= 0.3 is 0 Å². The zero-order valence-electron chi connectivity index (χ0n) is 13.9. The van der Waals surface area contributed by atoms with Crippen molar-refractivity contribution in [3.8, 4) is 0 Å². The van der Waals surface area contributed by atoms with Gasteiger partial charge in [0.2, 0.25) is 0 Å². The van der Waals surface area contributed by atoms with Crippen molar-refractivity contribution in [3.05, 3.63) is 33.8 Å². The maximum Gasteiger partial charge on any atom is 0.191 e. The van der Waals surface area contributed by atoms with E-state index in [-0.39, 0.29) is 11.6 Å². The molecular weight excluding hydrogens is 319 g/mol. The number of nitrogens with zero attached hydrogens (tertiary/aromatic N) is 1. The minimum atomic E-state index is 0.0338. The van der Waals surface area contributed by atoms with E-state index in [0.717, 1.165) is 24.6 Å². The van der Waals surface area contributed by atoms with Gasteiger partial charge in [-0.3, -0.25) is 4.99 Å². The summed E-state index contributed by atoms with van der Waals surface area (Å²) in [6.07, 6.45) is 0. The Kier molecular flexibility index (Phi) is 7.46. The number of nitrogens with one attached hydrogen (secondary N) is 3. The molecule has 1 aromatic rings. The van der Waals surface area contributed by atoms with Gasteiger partial charge in [0.15, 0.2) is 5.96 Å². The number of hydrogen-bond donors (Lipinski definition) is 3. The van der Waals surface area contributed by atoms with Gasteiger partial charge in [-0.05, 0) is 45.4 Å². The molecule has 0 saturated heterocycles. The van der Waals surface area contributed by atoms with Crippen LogP contribution in [0.1, 0.15) is 39.3 Å². The smallest absolute Gasteiger partial charge is 0.191 e. The maximum absolute atomic E-state index is 6.23. The molecule has 4 nitrogen and oxygen atoms in total. The number of halogens is 2. The van der Waals surface area contributed by atoms with E-state index in [1.807, 2.05) is 19.1 Å². The van der Waals surface area contributed by atoms with Gasteiger partial charge in [0.1, 0.15) is 0 Å². The van der Waals surface area contributed by atoms with Crippen LogP contribution in [0.2, 0.25) is 10.0 Å². The summed E-state index contributed by atoms with van der Waals surface area (Å²) in [5.41, 5.74) is 1.10. The van der Waals surface area contributed by atoms with Crippen LogP contribution in [-0.4, -0.2) is 31.6 Å². The third kappa shape index (κ3) is 6.86. The molecule has 0 heterocycles. The van der Waals surface area contributed by atoms with Crippen LogP contribution >= 0.6 is 23.2 Å². The van der Waals surface area contributed by atoms with Crippen molar-refractivity contribution in [2.75, 3.05) is 20.1 Å². The Bertz CT molecular complexity index is 509. The number of guanidine groups is 1. The van der Waals surface area contributed by atoms with Crippen molar-refractivity contribution >= 4 is 29.2 Å². The van der Waals surface area contributed by atoms with Crippen molar-refractivity contribution in [1.29, 1.82) is 0 Å². The Hall–Kier alpha value is -0.970. The average Bonchev–Trinajstić information content (AvgIpc) is 2.40. The van der Waals surface area contributed by atoms with Crippen molar-refractivity contribution in [3.63, 3.8) is 0 Å². The predicted octanol–water partition coefficient (Wildman–Crippen LogP) is 3.61. The van der Waals surface area contributed by atoms with Crippen molar-refractivity contribution in [1.82, 2.24) is 16.0 Å². The Labute approximate surface area is 143 Å². The highest BCUT2D eigenvalue weighted by Gasteiger charge is 2.12. The molecule has 0 aliphatic carbocycles. The Morgan fingerprint density at radius 1 is 1.23 bits per heavy atom. The highest BCUT2D eigenvalue weighted by molar-refractivity contribution is 6.35. The summed E-state index contributed by atoms with van der Waals surface area (Å²) in [6, 6.07) is 5.55. The van der Waals surface area contributed by atoms with E-state index in [1.54, 1.807) is 13.1 Å². The molecule has 0 aliphatic heterocycles. The first-order chi connectivity index (χ1) is 10.2. The second kappa shape index (κ2) is 8.61. The first-order valence-electron chi connectivity index (χ1n) is 7.40. The maximum atomic E-state index is 6.23. The molecule has 0 amide bonds. The van der Waals surface area contributed by atoms with Crippen LogP contribution in [-0.2, 0) is 0 Å². The van der Waals surface area contributed by atoms with Gasteiger partial charge in [-0.25, -0.2) is 0 Å². The van der Waals surface area contributed by atoms with E-state index in [4.69, 9.17) is 23.2 Å². The summed E-state index contributed by atoms with van der Waals surface area (Å²) >= 11 is 12.2. The number of benzene rings is 1. The van der Waals surface area contributed by atoms with E-state index in [0.29, 0.717) is 10.0 Å². The van der Waals surface area contributed by atoms with Gasteiger partial charge in [0.05, 0.1) is 6.04 Å². The third-order valence-electron chi connectivity index (χ3n) is 3.08. The molecule has 0 bridgehead atoms. The summed E-state index contributed by atoms with van der Waals surface area (Å²) in [4.78, 5) is 4.23.